The Labute approximate surface area is 215 Å². The molecule has 4 heterocycles. The predicted octanol–water partition coefficient (Wildman–Crippen LogP) is 3.92. The van der Waals surface area contributed by atoms with Crippen molar-refractivity contribution in [2.24, 2.45) is 5.92 Å². The highest BCUT2D eigenvalue weighted by Gasteiger charge is 2.39. The van der Waals surface area contributed by atoms with Crippen LogP contribution in [0.25, 0.3) is 5.65 Å². The molecular formula is C25H36F3N9. The average molecular weight is 520 g/mol. The summed E-state index contributed by atoms with van der Waals surface area (Å²) in [5.74, 6) is 1.55. The normalized spacial score (nSPS) is 16.1. The summed E-state index contributed by atoms with van der Waals surface area (Å²) in [6, 6.07) is 0.340. The molecule has 0 spiro atoms. The molecule has 0 amide bonds. The van der Waals surface area contributed by atoms with Crippen LogP contribution in [-0.2, 0) is 6.42 Å². The van der Waals surface area contributed by atoms with Crippen molar-refractivity contribution in [2.45, 2.75) is 58.2 Å². The number of piperidine rings is 1. The number of fused-ring (bicyclic) bond motifs is 1. The molecule has 202 valence electrons. The van der Waals surface area contributed by atoms with Gasteiger partial charge in [-0.1, -0.05) is 19.4 Å². The van der Waals surface area contributed by atoms with Crippen LogP contribution in [0.2, 0.25) is 0 Å². The number of pyridine rings is 1. The topological polar surface area (TPSA) is 100 Å². The Kier molecular flexibility index (Phi) is 8.05. The maximum atomic E-state index is 13.4. The monoisotopic (exact) mass is 519 g/mol. The number of nitrogens with zero attached hydrogens (tertiary/aromatic N) is 7. The van der Waals surface area contributed by atoms with Gasteiger partial charge in [0.2, 0.25) is 5.95 Å². The van der Waals surface area contributed by atoms with Crippen LogP contribution in [0.5, 0.6) is 0 Å². The lowest BCUT2D eigenvalue weighted by Crippen LogP contribution is -2.37. The third kappa shape index (κ3) is 6.41. The Morgan fingerprint density at radius 3 is 2.54 bits per heavy atom. The number of nitrogens with two attached hydrogens (primary N) is 1. The zero-order valence-electron chi connectivity index (χ0n) is 21.9. The predicted molar refractivity (Wildman–Crippen MR) is 139 cm³/mol. The number of anilines is 3. The third-order valence-corrected chi connectivity index (χ3v) is 6.76. The second kappa shape index (κ2) is 11.1. The van der Waals surface area contributed by atoms with E-state index in [0.29, 0.717) is 30.1 Å². The van der Waals surface area contributed by atoms with E-state index in [1.807, 2.05) is 6.20 Å². The molecule has 1 aliphatic rings. The van der Waals surface area contributed by atoms with Crippen molar-refractivity contribution in [3.8, 4) is 0 Å². The highest BCUT2D eigenvalue weighted by molar-refractivity contribution is 5.61. The Hall–Kier alpha value is -3.15. The zero-order chi connectivity index (χ0) is 26.7. The van der Waals surface area contributed by atoms with E-state index in [4.69, 9.17) is 10.7 Å². The maximum Gasteiger partial charge on any atom is 0.408 e. The average Bonchev–Trinajstić information content (AvgIpc) is 3.22. The summed E-state index contributed by atoms with van der Waals surface area (Å²) in [5.41, 5.74) is 9.04. The maximum absolute atomic E-state index is 13.4. The van der Waals surface area contributed by atoms with Gasteiger partial charge >= 0.3 is 6.18 Å². The first kappa shape index (κ1) is 26.9. The van der Waals surface area contributed by atoms with E-state index in [9.17, 15) is 13.2 Å². The molecule has 0 aromatic carbocycles. The standard InChI is InChI=1S/C25H36F3N9/c1-5-6-20(25(26,27)28)32-24-33-21(29)23-31-14-19(37(23)34-24)12-18-11-16(2)22(30-13-18)36-9-7-17(8-10-36)15-35(3)4/h11,13-14,17,20H,5-10,12,15H2,1-4H3,(H3,29,32,33,34)/t20-/m0/s1. The molecule has 3 N–H and O–H groups in total. The van der Waals surface area contributed by atoms with Gasteiger partial charge in [0.05, 0.1) is 11.9 Å². The summed E-state index contributed by atoms with van der Waals surface area (Å²) in [5, 5.41) is 6.69. The van der Waals surface area contributed by atoms with E-state index in [1.54, 1.807) is 13.1 Å². The van der Waals surface area contributed by atoms with Crippen molar-refractivity contribution >= 4 is 23.2 Å². The molecule has 1 atom stereocenters. The van der Waals surface area contributed by atoms with Gasteiger partial charge in [0.1, 0.15) is 11.9 Å². The summed E-state index contributed by atoms with van der Waals surface area (Å²) in [7, 11) is 4.23. The van der Waals surface area contributed by atoms with Crippen molar-refractivity contribution in [3.05, 3.63) is 35.3 Å². The number of halogens is 3. The number of imidazole rings is 1. The fourth-order valence-electron chi connectivity index (χ4n) is 5.00. The van der Waals surface area contributed by atoms with Crippen molar-refractivity contribution in [3.63, 3.8) is 0 Å². The molecule has 0 saturated carbocycles. The van der Waals surface area contributed by atoms with Crippen molar-refractivity contribution in [2.75, 3.05) is 49.7 Å². The summed E-state index contributed by atoms with van der Waals surface area (Å²) >= 11 is 0. The van der Waals surface area contributed by atoms with Crippen LogP contribution in [0.15, 0.2) is 18.5 Å². The summed E-state index contributed by atoms with van der Waals surface area (Å²) < 4.78 is 41.7. The van der Waals surface area contributed by atoms with Gasteiger partial charge in [-0.15, -0.1) is 5.10 Å². The number of nitrogen functional groups attached to an aromatic ring is 1. The molecule has 12 heteroatoms. The van der Waals surface area contributed by atoms with Gasteiger partial charge in [-0.2, -0.15) is 18.2 Å². The molecule has 1 aliphatic heterocycles. The minimum absolute atomic E-state index is 0.0171. The second-order valence-corrected chi connectivity index (χ2v) is 10.2. The molecule has 3 aromatic heterocycles. The van der Waals surface area contributed by atoms with Crippen LogP contribution in [0.4, 0.5) is 30.8 Å². The van der Waals surface area contributed by atoms with Crippen LogP contribution in [0.1, 0.15) is 49.4 Å². The summed E-state index contributed by atoms with van der Waals surface area (Å²) in [6.45, 7) is 6.84. The molecule has 1 fully saturated rings. The van der Waals surface area contributed by atoms with Gasteiger partial charge in [0, 0.05) is 32.3 Å². The van der Waals surface area contributed by atoms with E-state index in [-0.39, 0.29) is 18.2 Å². The van der Waals surface area contributed by atoms with Crippen LogP contribution in [0, 0.1) is 12.8 Å². The number of hydrogen-bond acceptors (Lipinski definition) is 8. The van der Waals surface area contributed by atoms with Gasteiger partial charge < -0.3 is 20.9 Å². The second-order valence-electron chi connectivity index (χ2n) is 10.2. The smallest absolute Gasteiger partial charge is 0.380 e. The molecule has 4 rings (SSSR count). The van der Waals surface area contributed by atoms with Crippen molar-refractivity contribution < 1.29 is 13.2 Å². The van der Waals surface area contributed by atoms with E-state index in [2.05, 4.69) is 57.3 Å². The quantitative estimate of drug-likeness (QED) is 0.439. The minimum Gasteiger partial charge on any atom is -0.380 e. The molecule has 0 aliphatic carbocycles. The van der Waals surface area contributed by atoms with E-state index in [0.717, 1.165) is 49.4 Å². The van der Waals surface area contributed by atoms with Gasteiger partial charge in [-0.25, -0.2) is 14.5 Å². The summed E-state index contributed by atoms with van der Waals surface area (Å²) in [4.78, 5) is 17.7. The zero-order valence-corrected chi connectivity index (χ0v) is 21.9. The number of alkyl halides is 3. The van der Waals surface area contributed by atoms with Crippen LogP contribution in [-0.4, -0.2) is 75.4 Å². The molecule has 0 radical (unpaired) electrons. The van der Waals surface area contributed by atoms with Crippen molar-refractivity contribution in [1.82, 2.24) is 29.5 Å². The first-order valence-electron chi connectivity index (χ1n) is 12.7. The van der Waals surface area contributed by atoms with Crippen LogP contribution >= 0.6 is 0 Å². The van der Waals surface area contributed by atoms with Gasteiger partial charge in [-0.3, -0.25) is 0 Å². The largest absolute Gasteiger partial charge is 0.408 e. The van der Waals surface area contributed by atoms with Crippen LogP contribution < -0.4 is 16.0 Å². The molecule has 3 aromatic rings. The van der Waals surface area contributed by atoms with Gasteiger partial charge in [-0.05, 0) is 57.3 Å². The van der Waals surface area contributed by atoms with E-state index < -0.39 is 12.2 Å². The third-order valence-electron chi connectivity index (χ3n) is 6.76. The number of hydrogen-bond donors (Lipinski definition) is 2. The van der Waals surface area contributed by atoms with Gasteiger partial charge in [0.15, 0.2) is 11.5 Å². The van der Waals surface area contributed by atoms with Gasteiger partial charge in [0.25, 0.3) is 0 Å². The van der Waals surface area contributed by atoms with Crippen molar-refractivity contribution in [1.29, 1.82) is 0 Å². The highest BCUT2D eigenvalue weighted by atomic mass is 19.4. The SMILES string of the molecule is CCC[C@H](Nc1nc(N)c2ncc(Cc3cnc(N4CCC(CN(C)C)CC4)c(C)c3)n2n1)C(F)(F)F. The lowest BCUT2D eigenvalue weighted by atomic mass is 9.96. The van der Waals surface area contributed by atoms with E-state index >= 15 is 0 Å². The fourth-order valence-corrected chi connectivity index (χ4v) is 5.00. The molecule has 1 saturated heterocycles. The molecule has 0 unspecified atom stereocenters. The Balaban J connectivity index is 1.51. The number of nitrogens with one attached hydrogen (secondary N) is 1. The van der Waals surface area contributed by atoms with Crippen LogP contribution in [0.3, 0.4) is 0 Å². The number of aryl methyl sites for hydroxylation is 1. The Morgan fingerprint density at radius 1 is 1.19 bits per heavy atom. The number of rotatable bonds is 9. The lowest BCUT2D eigenvalue weighted by Gasteiger charge is -2.34. The fraction of sp³-hybridized carbons (Fsp3) is 0.600. The molecular weight excluding hydrogens is 483 g/mol. The molecule has 37 heavy (non-hydrogen) atoms. The minimum atomic E-state index is -4.42. The first-order chi connectivity index (χ1) is 17.5. The first-order valence-corrected chi connectivity index (χ1v) is 12.7. The Bertz CT molecular complexity index is 1200. The Morgan fingerprint density at radius 2 is 1.92 bits per heavy atom. The number of aromatic nitrogens is 5. The summed E-state index contributed by atoms with van der Waals surface area (Å²) in [6.07, 6.45) is 2.06. The molecule has 9 nitrogen and oxygen atoms in total. The lowest BCUT2D eigenvalue weighted by molar-refractivity contribution is -0.143. The molecule has 0 bridgehead atoms. The highest BCUT2D eigenvalue weighted by Crippen LogP contribution is 2.28. The van der Waals surface area contributed by atoms with E-state index in [1.165, 1.54) is 4.52 Å².